The number of carbonyl (C=O) groups excluding carboxylic acids is 1. The summed E-state index contributed by atoms with van der Waals surface area (Å²) < 4.78 is 4.62. The average molecular weight is 361 g/mol. The van der Waals surface area contributed by atoms with Crippen molar-refractivity contribution in [2.45, 2.75) is 13.0 Å². The minimum absolute atomic E-state index is 0.0639. The molecule has 2 aromatic heterocycles. The number of fused-ring (bicyclic) bond motifs is 1. The third-order valence-corrected chi connectivity index (χ3v) is 4.47. The second-order valence-corrected chi connectivity index (χ2v) is 5.91. The first-order valence-electron chi connectivity index (χ1n) is 7.17. The van der Waals surface area contributed by atoms with Crippen LogP contribution in [0, 0.1) is 0 Å². The number of para-hydroxylation sites is 1. The summed E-state index contributed by atoms with van der Waals surface area (Å²) in [6.45, 7) is 1.41. The van der Waals surface area contributed by atoms with Crippen LogP contribution in [0.5, 0.6) is 0 Å². The molecule has 6 heteroatoms. The first kappa shape index (κ1) is 14.8. The van der Waals surface area contributed by atoms with Crippen molar-refractivity contribution in [1.29, 1.82) is 0 Å². The Morgan fingerprint density at radius 3 is 2.86 bits per heavy atom. The Hall–Kier alpha value is -2.08. The van der Waals surface area contributed by atoms with Crippen LogP contribution in [0.1, 0.15) is 16.9 Å². The molecule has 114 valence electrons. The Labute approximate surface area is 137 Å². The Balaban J connectivity index is 1.67. The molecule has 0 aliphatic rings. The number of carbonyl (C=O) groups is 1. The molecule has 5 nitrogen and oxygen atoms in total. The van der Waals surface area contributed by atoms with E-state index in [9.17, 15) is 4.79 Å². The van der Waals surface area contributed by atoms with E-state index in [-0.39, 0.29) is 5.91 Å². The molecule has 0 spiro atoms. The molecular weight excluding hydrogens is 344 g/mol. The summed E-state index contributed by atoms with van der Waals surface area (Å²) >= 11 is 3.55. The quantitative estimate of drug-likeness (QED) is 0.711. The highest BCUT2D eigenvalue weighted by atomic mass is 79.9. The molecule has 0 saturated carbocycles. The first-order chi connectivity index (χ1) is 10.7. The van der Waals surface area contributed by atoms with E-state index in [4.69, 9.17) is 0 Å². The van der Waals surface area contributed by atoms with Gasteiger partial charge in [-0.25, -0.2) is 0 Å². The predicted octanol–water partition coefficient (Wildman–Crippen LogP) is 2.96. The second-order valence-electron chi connectivity index (χ2n) is 5.12. The number of hydrogen-bond donors (Lipinski definition) is 1. The van der Waals surface area contributed by atoms with E-state index in [2.05, 4.69) is 26.3 Å². The Morgan fingerprint density at radius 1 is 1.32 bits per heavy atom. The number of nitrogens with one attached hydrogen (secondary N) is 1. The van der Waals surface area contributed by atoms with Gasteiger partial charge in [-0.3, -0.25) is 9.48 Å². The van der Waals surface area contributed by atoms with E-state index < -0.39 is 0 Å². The molecule has 0 fully saturated rings. The third-order valence-electron chi connectivity index (χ3n) is 3.67. The van der Waals surface area contributed by atoms with E-state index in [0.29, 0.717) is 12.2 Å². The van der Waals surface area contributed by atoms with Crippen LogP contribution < -0.4 is 5.32 Å². The predicted molar refractivity (Wildman–Crippen MR) is 89.8 cm³/mol. The van der Waals surface area contributed by atoms with Crippen molar-refractivity contribution in [3.63, 3.8) is 0 Å². The maximum absolute atomic E-state index is 12.4. The van der Waals surface area contributed by atoms with E-state index >= 15 is 0 Å². The molecule has 2 heterocycles. The average Bonchev–Trinajstić information content (AvgIpc) is 3.12. The number of halogens is 1. The zero-order chi connectivity index (χ0) is 15.5. The fraction of sp³-hybridized carbons (Fsp3) is 0.250. The summed E-state index contributed by atoms with van der Waals surface area (Å²) in [5.41, 5.74) is 1.69. The second kappa shape index (κ2) is 6.36. The molecule has 0 bridgehead atoms. The Morgan fingerprint density at radius 2 is 2.14 bits per heavy atom. The van der Waals surface area contributed by atoms with Crippen molar-refractivity contribution in [2.75, 3.05) is 6.54 Å². The maximum Gasteiger partial charge on any atom is 0.269 e. The highest BCUT2D eigenvalue weighted by Gasteiger charge is 2.18. The number of benzene rings is 1. The van der Waals surface area contributed by atoms with E-state index in [0.717, 1.165) is 28.3 Å². The van der Waals surface area contributed by atoms with Gasteiger partial charge in [-0.15, -0.1) is 0 Å². The van der Waals surface area contributed by atoms with Gasteiger partial charge in [0.1, 0.15) is 5.69 Å². The van der Waals surface area contributed by atoms with E-state index in [1.807, 2.05) is 52.8 Å². The summed E-state index contributed by atoms with van der Waals surface area (Å²) in [7, 11) is 1.91. The molecule has 0 unspecified atom stereocenters. The van der Waals surface area contributed by atoms with Gasteiger partial charge >= 0.3 is 0 Å². The van der Waals surface area contributed by atoms with Crippen molar-refractivity contribution in [1.82, 2.24) is 19.7 Å². The number of aryl methyl sites for hydroxylation is 2. The van der Waals surface area contributed by atoms with E-state index in [1.54, 1.807) is 6.20 Å². The zero-order valence-corrected chi connectivity index (χ0v) is 13.9. The topological polar surface area (TPSA) is 51.9 Å². The maximum atomic E-state index is 12.4. The zero-order valence-electron chi connectivity index (χ0n) is 12.3. The van der Waals surface area contributed by atoms with Gasteiger partial charge in [-0.1, -0.05) is 18.2 Å². The molecule has 0 aliphatic heterocycles. The van der Waals surface area contributed by atoms with Gasteiger partial charge in [0.15, 0.2) is 0 Å². The minimum atomic E-state index is -0.0639. The summed E-state index contributed by atoms with van der Waals surface area (Å²) in [6.07, 6.45) is 4.52. The highest BCUT2D eigenvalue weighted by Crippen LogP contribution is 2.29. The van der Waals surface area contributed by atoms with Crippen LogP contribution >= 0.6 is 15.9 Å². The lowest BCUT2D eigenvalue weighted by atomic mass is 10.2. The van der Waals surface area contributed by atoms with Crippen molar-refractivity contribution in [2.24, 2.45) is 7.05 Å². The molecule has 0 radical (unpaired) electrons. The lowest BCUT2D eigenvalue weighted by Gasteiger charge is -2.07. The fourth-order valence-electron chi connectivity index (χ4n) is 2.56. The van der Waals surface area contributed by atoms with Crippen LogP contribution in [0.2, 0.25) is 0 Å². The molecule has 0 aliphatic carbocycles. The molecule has 1 aromatic carbocycles. The van der Waals surface area contributed by atoms with Gasteiger partial charge < -0.3 is 9.88 Å². The molecule has 3 rings (SSSR count). The molecule has 1 N–H and O–H groups in total. The van der Waals surface area contributed by atoms with Crippen molar-refractivity contribution in [3.8, 4) is 0 Å². The summed E-state index contributed by atoms with van der Waals surface area (Å²) in [5.74, 6) is -0.0639. The van der Waals surface area contributed by atoms with Crippen molar-refractivity contribution < 1.29 is 4.79 Å². The number of aromatic nitrogens is 3. The lowest BCUT2D eigenvalue weighted by molar-refractivity contribution is 0.0944. The number of amides is 1. The van der Waals surface area contributed by atoms with Gasteiger partial charge in [0.05, 0.1) is 4.47 Å². The largest absolute Gasteiger partial charge is 0.351 e. The molecule has 1 amide bonds. The first-order valence-corrected chi connectivity index (χ1v) is 7.96. The van der Waals surface area contributed by atoms with E-state index in [1.165, 1.54) is 0 Å². The van der Waals surface area contributed by atoms with Crippen LogP contribution in [0.3, 0.4) is 0 Å². The minimum Gasteiger partial charge on any atom is -0.351 e. The normalized spacial score (nSPS) is 11.0. The molecule has 3 aromatic rings. The van der Waals surface area contributed by atoms with Crippen LogP contribution in [0.4, 0.5) is 0 Å². The summed E-state index contributed by atoms with van der Waals surface area (Å²) in [4.78, 5) is 12.4. The summed E-state index contributed by atoms with van der Waals surface area (Å²) in [6, 6.07) is 9.85. The standard InChI is InChI=1S/C16H17BrN4O/c1-20-13-7-3-2-6-12(13)14(17)15(20)16(22)18-8-4-10-21-11-5-9-19-21/h2-3,5-7,9,11H,4,8,10H2,1H3,(H,18,22). The molecule has 0 saturated heterocycles. The van der Waals surface area contributed by atoms with Gasteiger partial charge in [-0.2, -0.15) is 5.10 Å². The third kappa shape index (κ3) is 2.78. The highest BCUT2D eigenvalue weighted by molar-refractivity contribution is 9.10. The van der Waals surface area contributed by atoms with Gasteiger partial charge in [-0.05, 0) is 34.5 Å². The van der Waals surface area contributed by atoms with Gasteiger partial charge in [0.25, 0.3) is 5.91 Å². The fourth-order valence-corrected chi connectivity index (χ4v) is 3.34. The van der Waals surface area contributed by atoms with Gasteiger partial charge in [0.2, 0.25) is 0 Å². The molecule has 22 heavy (non-hydrogen) atoms. The monoisotopic (exact) mass is 360 g/mol. The molecule has 0 atom stereocenters. The van der Waals surface area contributed by atoms with Crippen molar-refractivity contribution in [3.05, 3.63) is 52.9 Å². The van der Waals surface area contributed by atoms with Crippen LogP contribution in [0.25, 0.3) is 10.9 Å². The number of hydrogen-bond acceptors (Lipinski definition) is 2. The van der Waals surface area contributed by atoms with Crippen LogP contribution in [0.15, 0.2) is 47.2 Å². The smallest absolute Gasteiger partial charge is 0.269 e. The number of nitrogens with zero attached hydrogens (tertiary/aromatic N) is 3. The van der Waals surface area contributed by atoms with Crippen LogP contribution in [-0.2, 0) is 13.6 Å². The lowest BCUT2D eigenvalue weighted by Crippen LogP contribution is -2.27. The Bertz CT molecular complexity index is 753. The number of rotatable bonds is 5. The SMILES string of the molecule is Cn1c(C(=O)NCCCn2cccn2)c(Br)c2ccccc21. The molecular formula is C16H17BrN4O. The van der Waals surface area contributed by atoms with Crippen molar-refractivity contribution >= 4 is 32.7 Å². The van der Waals surface area contributed by atoms with Gasteiger partial charge in [0, 0.05) is 43.4 Å². The van der Waals surface area contributed by atoms with Crippen LogP contribution in [-0.4, -0.2) is 26.8 Å². The Kier molecular flexibility index (Phi) is 4.29. The summed E-state index contributed by atoms with van der Waals surface area (Å²) in [5, 5.41) is 8.16.